The van der Waals surface area contributed by atoms with Gasteiger partial charge in [-0.05, 0) is 35.9 Å². The van der Waals surface area contributed by atoms with Crippen molar-refractivity contribution in [1.82, 2.24) is 10.6 Å². The van der Waals surface area contributed by atoms with Gasteiger partial charge in [-0.15, -0.1) is 0 Å². The minimum absolute atomic E-state index is 0.0107. The number of benzene rings is 2. The van der Waals surface area contributed by atoms with Gasteiger partial charge in [0.1, 0.15) is 11.8 Å². The Kier molecular flexibility index (Phi) is 6.16. The molecule has 0 aromatic heterocycles. The van der Waals surface area contributed by atoms with Crippen molar-refractivity contribution in [2.75, 3.05) is 7.05 Å². The van der Waals surface area contributed by atoms with Gasteiger partial charge in [0, 0.05) is 12.6 Å². The number of carbonyl (C=O) groups is 2. The molecule has 2 rings (SSSR count). The molecule has 0 aliphatic carbocycles. The molecular weight excluding hydrogens is 356 g/mol. The maximum absolute atomic E-state index is 13.4. The number of carbonyl (C=O) groups excluding carboxylic acids is 2. The van der Waals surface area contributed by atoms with Crippen LogP contribution in [0.3, 0.4) is 0 Å². The molecule has 1 unspecified atom stereocenters. The second-order valence-electron chi connectivity index (χ2n) is 5.10. The highest BCUT2D eigenvalue weighted by molar-refractivity contribution is 5.98. The molecule has 0 aliphatic rings. The van der Waals surface area contributed by atoms with Gasteiger partial charge >= 0.3 is 6.61 Å². The maximum atomic E-state index is 13.4. The summed E-state index contributed by atoms with van der Waals surface area (Å²) in [6, 6.07) is 6.37. The van der Waals surface area contributed by atoms with E-state index in [1.54, 1.807) is 0 Å². The summed E-state index contributed by atoms with van der Waals surface area (Å²) in [5.74, 6) is -3.99. The fourth-order valence-corrected chi connectivity index (χ4v) is 2.16. The van der Waals surface area contributed by atoms with E-state index in [4.69, 9.17) is 0 Å². The number of rotatable bonds is 6. The van der Waals surface area contributed by atoms with Crippen LogP contribution < -0.4 is 15.4 Å². The van der Waals surface area contributed by atoms with E-state index < -0.39 is 36.1 Å². The number of ether oxygens (including phenoxy) is 1. The molecule has 138 valence electrons. The van der Waals surface area contributed by atoms with Crippen molar-refractivity contribution in [2.45, 2.75) is 12.7 Å². The van der Waals surface area contributed by atoms with Crippen molar-refractivity contribution in [3.05, 3.63) is 65.2 Å². The maximum Gasteiger partial charge on any atom is 0.387 e. The third kappa shape index (κ3) is 4.71. The standard InChI is InChI=1S/C17H14F4N2O3/c1-22-16(25)14(9-5-6-12(18)13(19)8-9)23-15(24)10-3-2-4-11(7-10)26-17(20)21/h2-8,14,17H,1H3,(H,22,25)(H,23,24). The van der Waals surface area contributed by atoms with E-state index in [1.165, 1.54) is 25.2 Å². The van der Waals surface area contributed by atoms with Gasteiger partial charge in [-0.2, -0.15) is 8.78 Å². The molecule has 26 heavy (non-hydrogen) atoms. The van der Waals surface area contributed by atoms with E-state index in [0.29, 0.717) is 0 Å². The Morgan fingerprint density at radius 2 is 1.77 bits per heavy atom. The van der Waals surface area contributed by atoms with Crippen molar-refractivity contribution < 1.29 is 31.9 Å². The Morgan fingerprint density at radius 1 is 1.04 bits per heavy atom. The van der Waals surface area contributed by atoms with Crippen molar-refractivity contribution >= 4 is 11.8 Å². The number of likely N-dealkylation sites (N-methyl/N-ethyl adjacent to an activating group) is 1. The van der Waals surface area contributed by atoms with E-state index >= 15 is 0 Å². The number of hydrogen-bond donors (Lipinski definition) is 2. The van der Waals surface area contributed by atoms with Crippen molar-refractivity contribution in [2.24, 2.45) is 0 Å². The van der Waals surface area contributed by atoms with Gasteiger partial charge in [-0.25, -0.2) is 8.78 Å². The predicted molar refractivity (Wildman–Crippen MR) is 83.7 cm³/mol. The molecule has 2 aromatic rings. The molecule has 5 nitrogen and oxygen atoms in total. The van der Waals surface area contributed by atoms with E-state index in [-0.39, 0.29) is 16.9 Å². The molecule has 1 atom stereocenters. The summed E-state index contributed by atoms with van der Waals surface area (Å²) in [4.78, 5) is 24.4. The lowest BCUT2D eigenvalue weighted by Crippen LogP contribution is -2.39. The average Bonchev–Trinajstić information content (AvgIpc) is 2.61. The molecule has 2 amide bonds. The molecule has 0 bridgehead atoms. The first kappa shape index (κ1) is 19.2. The van der Waals surface area contributed by atoms with Crippen LogP contribution in [0.25, 0.3) is 0 Å². The van der Waals surface area contributed by atoms with Crippen LogP contribution in [0.2, 0.25) is 0 Å². The number of alkyl halides is 2. The van der Waals surface area contributed by atoms with E-state index in [0.717, 1.165) is 24.3 Å². The quantitative estimate of drug-likeness (QED) is 0.769. The van der Waals surface area contributed by atoms with Gasteiger partial charge in [0.25, 0.3) is 5.91 Å². The van der Waals surface area contributed by atoms with Crippen LogP contribution in [0.1, 0.15) is 22.0 Å². The summed E-state index contributed by atoms with van der Waals surface area (Å²) < 4.78 is 55.3. The largest absolute Gasteiger partial charge is 0.435 e. The molecule has 0 heterocycles. The van der Waals surface area contributed by atoms with Crippen LogP contribution in [0.4, 0.5) is 17.6 Å². The Labute approximate surface area is 146 Å². The highest BCUT2D eigenvalue weighted by Crippen LogP contribution is 2.19. The predicted octanol–water partition coefficient (Wildman–Crippen LogP) is 2.78. The van der Waals surface area contributed by atoms with Gasteiger partial charge in [0.05, 0.1) is 0 Å². The summed E-state index contributed by atoms with van der Waals surface area (Å²) in [6.07, 6.45) is 0. The summed E-state index contributed by atoms with van der Waals surface area (Å²) in [6.45, 7) is -3.06. The van der Waals surface area contributed by atoms with Crippen LogP contribution in [0.5, 0.6) is 5.75 Å². The summed E-state index contributed by atoms with van der Waals surface area (Å²) >= 11 is 0. The summed E-state index contributed by atoms with van der Waals surface area (Å²) in [7, 11) is 1.30. The molecular formula is C17H14F4N2O3. The topological polar surface area (TPSA) is 67.4 Å². The van der Waals surface area contributed by atoms with Crippen LogP contribution in [0.15, 0.2) is 42.5 Å². The third-order valence-electron chi connectivity index (χ3n) is 3.38. The lowest BCUT2D eigenvalue weighted by Gasteiger charge is -2.18. The van der Waals surface area contributed by atoms with Crippen molar-refractivity contribution in [3.8, 4) is 5.75 Å². The molecule has 0 saturated carbocycles. The first-order chi connectivity index (χ1) is 12.3. The van der Waals surface area contributed by atoms with Gasteiger partial charge in [-0.1, -0.05) is 12.1 Å². The number of amides is 2. The summed E-state index contributed by atoms with van der Waals surface area (Å²) in [5.41, 5.74) is -0.0452. The Hall–Kier alpha value is -3.10. The first-order valence-corrected chi connectivity index (χ1v) is 7.34. The lowest BCUT2D eigenvalue weighted by atomic mass is 10.0. The van der Waals surface area contributed by atoms with E-state index in [2.05, 4.69) is 15.4 Å². The smallest absolute Gasteiger partial charge is 0.387 e. The second-order valence-corrected chi connectivity index (χ2v) is 5.10. The highest BCUT2D eigenvalue weighted by atomic mass is 19.3. The number of hydrogen-bond acceptors (Lipinski definition) is 3. The molecule has 0 saturated heterocycles. The zero-order valence-corrected chi connectivity index (χ0v) is 13.4. The molecule has 0 spiro atoms. The van der Waals surface area contributed by atoms with Gasteiger partial charge in [-0.3, -0.25) is 9.59 Å². The molecule has 2 aromatic carbocycles. The molecule has 0 aliphatic heterocycles. The molecule has 0 radical (unpaired) electrons. The highest BCUT2D eigenvalue weighted by Gasteiger charge is 2.24. The summed E-state index contributed by atoms with van der Waals surface area (Å²) in [5, 5.41) is 4.64. The third-order valence-corrected chi connectivity index (χ3v) is 3.38. The minimum atomic E-state index is -3.06. The Balaban J connectivity index is 2.26. The first-order valence-electron chi connectivity index (χ1n) is 7.34. The van der Waals surface area contributed by atoms with Crippen molar-refractivity contribution in [1.29, 1.82) is 0 Å². The van der Waals surface area contributed by atoms with Gasteiger partial charge in [0.2, 0.25) is 5.91 Å². The number of halogens is 4. The van der Waals surface area contributed by atoms with Gasteiger partial charge < -0.3 is 15.4 Å². The Morgan fingerprint density at radius 3 is 2.38 bits per heavy atom. The minimum Gasteiger partial charge on any atom is -0.435 e. The molecule has 0 fully saturated rings. The van der Waals surface area contributed by atoms with Gasteiger partial charge in [0.15, 0.2) is 11.6 Å². The molecule has 9 heteroatoms. The van der Waals surface area contributed by atoms with Crippen molar-refractivity contribution in [3.63, 3.8) is 0 Å². The van der Waals surface area contributed by atoms with Crippen LogP contribution in [-0.2, 0) is 4.79 Å². The second kappa shape index (κ2) is 8.32. The SMILES string of the molecule is CNC(=O)C(NC(=O)c1cccc(OC(F)F)c1)c1ccc(F)c(F)c1. The number of nitrogens with one attached hydrogen (secondary N) is 2. The molecule has 2 N–H and O–H groups in total. The van der Waals surface area contributed by atoms with Crippen LogP contribution in [-0.4, -0.2) is 25.5 Å². The normalized spacial score (nSPS) is 11.8. The lowest BCUT2D eigenvalue weighted by molar-refractivity contribution is -0.122. The zero-order chi connectivity index (χ0) is 19.3. The Bertz CT molecular complexity index is 814. The fourth-order valence-electron chi connectivity index (χ4n) is 2.16. The average molecular weight is 370 g/mol. The van der Waals surface area contributed by atoms with Crippen LogP contribution >= 0.6 is 0 Å². The van der Waals surface area contributed by atoms with Crippen LogP contribution in [0, 0.1) is 11.6 Å². The van der Waals surface area contributed by atoms with E-state index in [1.807, 2.05) is 0 Å². The van der Waals surface area contributed by atoms with E-state index in [9.17, 15) is 27.2 Å². The fraction of sp³-hybridized carbons (Fsp3) is 0.176. The monoisotopic (exact) mass is 370 g/mol. The zero-order valence-electron chi connectivity index (χ0n) is 13.4.